The van der Waals surface area contributed by atoms with Gasteiger partial charge in [0.2, 0.25) is 5.13 Å². The monoisotopic (exact) mass is 490 g/mol. The lowest BCUT2D eigenvalue weighted by Gasteiger charge is -2.43. The molecule has 0 aliphatic carbocycles. The minimum absolute atomic E-state index is 0.0728. The molecule has 2 aromatic rings. The normalized spacial score (nSPS) is 22.1. The molecule has 2 aliphatic rings. The van der Waals surface area contributed by atoms with Gasteiger partial charge in [-0.15, -0.1) is 0 Å². The number of allylic oxidation sites excluding steroid dienone is 3. The van der Waals surface area contributed by atoms with E-state index in [1.165, 1.54) is 18.5 Å². The number of hydrogen-bond donors (Lipinski definition) is 1. The second-order valence-corrected chi connectivity index (χ2v) is 10.5. The van der Waals surface area contributed by atoms with Crippen LogP contribution >= 0.6 is 11.5 Å². The summed E-state index contributed by atoms with van der Waals surface area (Å²) in [6.07, 6.45) is 9.83. The Balaban J connectivity index is 1.59. The van der Waals surface area contributed by atoms with Gasteiger partial charge in [0.15, 0.2) is 0 Å². The highest BCUT2D eigenvalue weighted by Gasteiger charge is 2.34. The summed E-state index contributed by atoms with van der Waals surface area (Å²) in [5, 5.41) is 0.212. The van der Waals surface area contributed by atoms with Crippen LogP contribution in [0, 0.1) is 0 Å². The lowest BCUT2D eigenvalue weighted by molar-refractivity contribution is 0.0850. The first-order valence-corrected chi connectivity index (χ1v) is 13.2. The number of nitrogens with one attached hydrogen (secondary N) is 1. The highest BCUT2D eigenvalue weighted by atomic mass is 32.2. The highest BCUT2D eigenvalue weighted by molar-refractivity contribution is 7.93. The molecule has 1 aromatic carbocycles. The number of halogens is 1. The number of sulfonamides is 1. The third-order valence-corrected chi connectivity index (χ3v) is 8.04. The zero-order chi connectivity index (χ0) is 23.4. The lowest BCUT2D eigenvalue weighted by Crippen LogP contribution is -2.44. The van der Waals surface area contributed by atoms with Crippen molar-refractivity contribution >= 4 is 26.7 Å². The van der Waals surface area contributed by atoms with Crippen LogP contribution in [0.15, 0.2) is 65.6 Å². The van der Waals surface area contributed by atoms with E-state index in [4.69, 9.17) is 4.74 Å². The largest absolute Gasteiger partial charge is 0.493 e. The standard InChI is InChI=1S/C23H27FN4O3S2/c1-3-17(24)8-7-16(2)20-6-4-5-12-28(20)21-11-13-31-22-14-18(9-10-19(21)22)33(29,30)27-23-25-15-26-32-23/h3,7-10,14-15,20-21H,2,4-6,11-13H2,1H3,(H,25,26,27)/b8-7-,17-3+/t20-,21-/m1/s1. The maximum absolute atomic E-state index is 13.6. The van der Waals surface area contributed by atoms with Crippen LogP contribution in [0.1, 0.15) is 44.2 Å². The second-order valence-electron chi connectivity index (χ2n) is 8.04. The molecule has 10 heteroatoms. The molecule has 7 nitrogen and oxygen atoms in total. The number of ether oxygens (including phenoxy) is 1. The average Bonchev–Trinajstić information content (AvgIpc) is 3.33. The van der Waals surface area contributed by atoms with E-state index >= 15 is 0 Å². The number of aromatic nitrogens is 2. The van der Waals surface area contributed by atoms with Crippen molar-refractivity contribution < 1.29 is 17.5 Å². The first kappa shape index (κ1) is 23.6. The molecule has 1 aromatic heterocycles. The fourth-order valence-electron chi connectivity index (χ4n) is 4.37. The summed E-state index contributed by atoms with van der Waals surface area (Å²) in [6, 6.07) is 5.16. The Hall–Kier alpha value is -2.56. The van der Waals surface area contributed by atoms with Crippen molar-refractivity contribution in [3.63, 3.8) is 0 Å². The van der Waals surface area contributed by atoms with Crippen molar-refractivity contribution in [2.45, 2.75) is 49.6 Å². The highest BCUT2D eigenvalue weighted by Crippen LogP contribution is 2.41. The molecule has 1 saturated heterocycles. The molecule has 0 bridgehead atoms. The van der Waals surface area contributed by atoms with E-state index in [2.05, 4.69) is 25.6 Å². The van der Waals surface area contributed by atoms with Crippen molar-refractivity contribution in [2.75, 3.05) is 17.9 Å². The van der Waals surface area contributed by atoms with Crippen LogP contribution < -0.4 is 9.46 Å². The van der Waals surface area contributed by atoms with Crippen molar-refractivity contribution in [1.29, 1.82) is 0 Å². The minimum Gasteiger partial charge on any atom is -0.493 e. The van der Waals surface area contributed by atoms with E-state index in [0.717, 1.165) is 54.9 Å². The predicted octanol–water partition coefficient (Wildman–Crippen LogP) is 5.00. The van der Waals surface area contributed by atoms with Gasteiger partial charge in [0, 0.05) is 41.7 Å². The van der Waals surface area contributed by atoms with Crippen molar-refractivity contribution in [2.24, 2.45) is 0 Å². The molecular formula is C23H27FN4O3S2. The summed E-state index contributed by atoms with van der Waals surface area (Å²) >= 11 is 0.972. The Labute approximate surface area is 197 Å². The Morgan fingerprint density at radius 3 is 2.94 bits per heavy atom. The third-order valence-electron chi connectivity index (χ3n) is 5.99. The van der Waals surface area contributed by atoms with E-state index in [1.54, 1.807) is 25.1 Å². The van der Waals surface area contributed by atoms with Crippen LogP contribution in [-0.4, -0.2) is 41.9 Å². The molecule has 2 aliphatic heterocycles. The molecule has 2 atom stereocenters. The zero-order valence-electron chi connectivity index (χ0n) is 18.4. The Morgan fingerprint density at radius 2 is 2.18 bits per heavy atom. The van der Waals surface area contributed by atoms with E-state index in [-0.39, 0.29) is 27.9 Å². The van der Waals surface area contributed by atoms with E-state index < -0.39 is 10.0 Å². The van der Waals surface area contributed by atoms with Gasteiger partial charge in [0.05, 0.1) is 11.5 Å². The molecule has 0 spiro atoms. The van der Waals surface area contributed by atoms with Gasteiger partial charge in [0.25, 0.3) is 10.0 Å². The van der Waals surface area contributed by atoms with Crippen LogP contribution in [-0.2, 0) is 10.0 Å². The maximum atomic E-state index is 13.6. The van der Waals surface area contributed by atoms with Gasteiger partial charge in [-0.05, 0) is 44.0 Å². The maximum Gasteiger partial charge on any atom is 0.263 e. The summed E-state index contributed by atoms with van der Waals surface area (Å²) in [4.78, 5) is 6.40. The molecule has 3 heterocycles. The summed E-state index contributed by atoms with van der Waals surface area (Å²) in [7, 11) is -3.80. The number of nitrogens with zero attached hydrogens (tertiary/aromatic N) is 3. The molecule has 4 rings (SSSR count). The fourth-order valence-corrected chi connectivity index (χ4v) is 6.05. The van der Waals surface area contributed by atoms with Gasteiger partial charge >= 0.3 is 0 Å². The van der Waals surface area contributed by atoms with Gasteiger partial charge in [0.1, 0.15) is 17.9 Å². The minimum atomic E-state index is -3.80. The van der Waals surface area contributed by atoms with Crippen LogP contribution in [0.5, 0.6) is 5.75 Å². The summed E-state index contributed by atoms with van der Waals surface area (Å²) in [5.74, 6) is 0.280. The van der Waals surface area contributed by atoms with E-state index in [0.29, 0.717) is 12.4 Å². The number of rotatable bonds is 7. The number of hydrogen-bond acceptors (Lipinski definition) is 7. The van der Waals surface area contributed by atoms with Crippen LogP contribution in [0.2, 0.25) is 0 Å². The van der Waals surface area contributed by atoms with E-state index in [9.17, 15) is 12.8 Å². The quantitative estimate of drug-likeness (QED) is 0.550. The first-order valence-electron chi connectivity index (χ1n) is 10.9. The van der Waals surface area contributed by atoms with Crippen LogP contribution in [0.4, 0.5) is 9.52 Å². The molecule has 176 valence electrons. The van der Waals surface area contributed by atoms with Crippen molar-refractivity contribution in [3.05, 3.63) is 66.3 Å². The van der Waals surface area contributed by atoms with Gasteiger partial charge in [-0.25, -0.2) is 17.8 Å². The van der Waals surface area contributed by atoms with Gasteiger partial charge in [-0.3, -0.25) is 9.62 Å². The van der Waals surface area contributed by atoms with Gasteiger partial charge in [-0.1, -0.05) is 31.2 Å². The number of benzene rings is 1. The third kappa shape index (κ3) is 5.34. The first-order chi connectivity index (χ1) is 15.9. The molecule has 33 heavy (non-hydrogen) atoms. The smallest absolute Gasteiger partial charge is 0.263 e. The lowest BCUT2D eigenvalue weighted by atomic mass is 9.90. The predicted molar refractivity (Wildman–Crippen MR) is 128 cm³/mol. The van der Waals surface area contributed by atoms with Gasteiger partial charge in [-0.2, -0.15) is 4.37 Å². The molecule has 0 unspecified atom stereocenters. The molecule has 1 fully saturated rings. The van der Waals surface area contributed by atoms with Crippen molar-refractivity contribution in [3.8, 4) is 5.75 Å². The number of anilines is 1. The average molecular weight is 491 g/mol. The SMILES string of the molecule is C=C(/C=C\C(F)=C/C)[C@H]1CCCCN1[C@@H]1CCOc2cc(S(=O)(=O)Nc3ncns3)ccc21. The summed E-state index contributed by atoms with van der Waals surface area (Å²) < 4.78 is 51.3. The van der Waals surface area contributed by atoms with Crippen LogP contribution in [0.25, 0.3) is 0 Å². The van der Waals surface area contributed by atoms with Gasteiger partial charge < -0.3 is 4.74 Å². The molecular weight excluding hydrogens is 463 g/mol. The topological polar surface area (TPSA) is 84.4 Å². The Kier molecular flexibility index (Phi) is 7.26. The Bertz CT molecular complexity index is 1160. The number of fused-ring (bicyclic) bond motifs is 1. The van der Waals surface area contributed by atoms with Crippen LogP contribution in [0.3, 0.4) is 0 Å². The molecule has 0 amide bonds. The number of likely N-dealkylation sites (tertiary alicyclic amines) is 1. The second kappa shape index (κ2) is 10.1. The molecule has 0 radical (unpaired) electrons. The molecule has 1 N–H and O–H groups in total. The fraction of sp³-hybridized carbons (Fsp3) is 0.391. The van der Waals surface area contributed by atoms with E-state index in [1.807, 2.05) is 6.07 Å². The summed E-state index contributed by atoms with van der Waals surface area (Å²) in [6.45, 7) is 7.26. The zero-order valence-corrected chi connectivity index (χ0v) is 20.0. The number of piperidine rings is 1. The Morgan fingerprint density at radius 1 is 1.33 bits per heavy atom. The molecule has 0 saturated carbocycles. The van der Waals surface area contributed by atoms with Crippen molar-refractivity contribution in [1.82, 2.24) is 14.3 Å². The summed E-state index contributed by atoms with van der Waals surface area (Å²) in [5.41, 5.74) is 1.83.